The van der Waals surface area contributed by atoms with E-state index in [1.165, 1.54) is 12.1 Å². The fourth-order valence-electron chi connectivity index (χ4n) is 1.84. The zero-order chi connectivity index (χ0) is 19.0. The Bertz CT molecular complexity index is 562. The van der Waals surface area contributed by atoms with Crippen molar-refractivity contribution in [2.24, 2.45) is 0 Å². The van der Waals surface area contributed by atoms with Crippen LogP contribution in [0.3, 0.4) is 0 Å². The number of halogens is 7. The zero-order valence-electron chi connectivity index (χ0n) is 13.1. The molecule has 0 aliphatic heterocycles. The van der Waals surface area contributed by atoms with E-state index in [0.29, 0.717) is 0 Å². The van der Waals surface area contributed by atoms with Gasteiger partial charge in [-0.3, -0.25) is 0 Å². The first-order chi connectivity index (χ1) is 10.6. The van der Waals surface area contributed by atoms with Crippen LogP contribution < -0.4 is 4.74 Å². The quantitative estimate of drug-likeness (QED) is 0.737. The summed E-state index contributed by atoms with van der Waals surface area (Å²) >= 11 is 0. The summed E-state index contributed by atoms with van der Waals surface area (Å²) in [5.41, 5.74) is -0.911. The van der Waals surface area contributed by atoms with E-state index in [4.69, 9.17) is 4.74 Å². The van der Waals surface area contributed by atoms with E-state index < -0.39 is 36.1 Å². The van der Waals surface area contributed by atoms with Crippen LogP contribution >= 0.6 is 0 Å². The third-order valence-corrected chi connectivity index (χ3v) is 2.93. The predicted molar refractivity (Wildman–Crippen MR) is 72.3 cm³/mol. The van der Waals surface area contributed by atoms with Gasteiger partial charge in [0.25, 0.3) is 0 Å². The lowest BCUT2D eigenvalue weighted by Gasteiger charge is -2.29. The monoisotopic (exact) mass is 362 g/mol. The van der Waals surface area contributed by atoms with Gasteiger partial charge in [0.15, 0.2) is 0 Å². The maximum atomic E-state index is 13.3. The first kappa shape index (κ1) is 20.5. The molecule has 0 radical (unpaired) electrons. The van der Waals surface area contributed by atoms with Crippen LogP contribution in [0.1, 0.15) is 38.9 Å². The third-order valence-electron chi connectivity index (χ3n) is 2.93. The summed E-state index contributed by atoms with van der Waals surface area (Å²) in [6.45, 7) is 5.07. The molecule has 1 atom stereocenters. The van der Waals surface area contributed by atoms with E-state index in [0.717, 1.165) is 12.1 Å². The molecule has 2 nitrogen and oxygen atoms in total. The minimum absolute atomic E-state index is 0.157. The highest BCUT2D eigenvalue weighted by Gasteiger charge is 2.72. The standard InChI is InChI=1S/C15H17F7O2/c1-12(2,3)24-10-6-4-5-9(7-10)11(23)8-13(16,17)14(18,19)15(20,21)22/h4-7,11,23H,8H2,1-3H3. The first-order valence-electron chi connectivity index (χ1n) is 6.86. The second kappa shape index (κ2) is 6.42. The van der Waals surface area contributed by atoms with Crippen LogP contribution in [0.4, 0.5) is 30.7 Å². The summed E-state index contributed by atoms with van der Waals surface area (Å²) in [4.78, 5) is 0. The molecule has 0 fully saturated rings. The van der Waals surface area contributed by atoms with Crippen LogP contribution in [0.25, 0.3) is 0 Å². The van der Waals surface area contributed by atoms with Crippen LogP contribution in [0.5, 0.6) is 5.75 Å². The lowest BCUT2D eigenvalue weighted by molar-refractivity contribution is -0.358. The molecule has 24 heavy (non-hydrogen) atoms. The van der Waals surface area contributed by atoms with E-state index in [9.17, 15) is 35.8 Å². The largest absolute Gasteiger partial charge is 0.488 e. The molecule has 1 rings (SSSR count). The number of aliphatic hydroxyl groups excluding tert-OH is 1. The Kier molecular flexibility index (Phi) is 5.49. The van der Waals surface area contributed by atoms with Crippen molar-refractivity contribution in [2.75, 3.05) is 0 Å². The van der Waals surface area contributed by atoms with Crippen LogP contribution in [-0.2, 0) is 0 Å². The van der Waals surface area contributed by atoms with Crippen LogP contribution in [0.2, 0.25) is 0 Å². The molecule has 9 heteroatoms. The Morgan fingerprint density at radius 2 is 1.54 bits per heavy atom. The van der Waals surface area contributed by atoms with Gasteiger partial charge in [0, 0.05) is 6.42 Å². The van der Waals surface area contributed by atoms with Crippen molar-refractivity contribution >= 4 is 0 Å². The third kappa shape index (κ3) is 4.75. The molecule has 138 valence electrons. The van der Waals surface area contributed by atoms with E-state index in [-0.39, 0.29) is 11.3 Å². The summed E-state index contributed by atoms with van der Waals surface area (Å²) < 4.78 is 94.2. The van der Waals surface area contributed by atoms with Gasteiger partial charge in [-0.2, -0.15) is 30.7 Å². The normalized spacial score (nSPS) is 15.3. The van der Waals surface area contributed by atoms with Gasteiger partial charge in [0.1, 0.15) is 11.4 Å². The molecule has 1 aromatic rings. The molecular formula is C15H17F7O2. The average molecular weight is 362 g/mol. The zero-order valence-corrected chi connectivity index (χ0v) is 13.1. The van der Waals surface area contributed by atoms with Crippen molar-refractivity contribution in [1.29, 1.82) is 0 Å². The SMILES string of the molecule is CC(C)(C)Oc1cccc(C(O)CC(F)(F)C(F)(F)C(F)(F)F)c1. The van der Waals surface area contributed by atoms with E-state index in [1.807, 2.05) is 0 Å². The Balaban J connectivity index is 2.99. The van der Waals surface area contributed by atoms with Gasteiger partial charge < -0.3 is 9.84 Å². The van der Waals surface area contributed by atoms with Gasteiger partial charge in [-0.15, -0.1) is 0 Å². The number of aliphatic hydroxyl groups is 1. The molecule has 0 saturated heterocycles. The van der Waals surface area contributed by atoms with E-state index in [1.54, 1.807) is 20.8 Å². The fraction of sp³-hybridized carbons (Fsp3) is 0.600. The Morgan fingerprint density at radius 3 is 2.00 bits per heavy atom. The van der Waals surface area contributed by atoms with Crippen molar-refractivity contribution in [1.82, 2.24) is 0 Å². The van der Waals surface area contributed by atoms with Gasteiger partial charge in [-0.1, -0.05) is 12.1 Å². The molecule has 0 bridgehead atoms. The average Bonchev–Trinajstić information content (AvgIpc) is 2.34. The van der Waals surface area contributed by atoms with Crippen molar-refractivity contribution in [3.8, 4) is 5.75 Å². The molecule has 0 aliphatic carbocycles. The van der Waals surface area contributed by atoms with Gasteiger partial charge in [0.05, 0.1) is 6.10 Å². The molecule has 1 unspecified atom stereocenters. The number of rotatable bonds is 5. The van der Waals surface area contributed by atoms with Gasteiger partial charge >= 0.3 is 18.0 Å². The van der Waals surface area contributed by atoms with E-state index >= 15 is 0 Å². The highest BCUT2D eigenvalue weighted by molar-refractivity contribution is 5.30. The van der Waals surface area contributed by atoms with Gasteiger partial charge in [-0.05, 0) is 38.5 Å². The number of benzene rings is 1. The van der Waals surface area contributed by atoms with Crippen LogP contribution in [0, 0.1) is 0 Å². The summed E-state index contributed by atoms with van der Waals surface area (Å²) in [7, 11) is 0. The number of ether oxygens (including phenoxy) is 1. The molecule has 0 saturated carbocycles. The van der Waals surface area contributed by atoms with Crippen molar-refractivity contribution in [3.05, 3.63) is 29.8 Å². The number of hydrogen-bond donors (Lipinski definition) is 1. The lowest BCUT2D eigenvalue weighted by Crippen LogP contribution is -2.52. The van der Waals surface area contributed by atoms with Gasteiger partial charge in [0.2, 0.25) is 0 Å². The maximum Gasteiger partial charge on any atom is 0.459 e. The molecule has 1 aromatic carbocycles. The fourth-order valence-corrected chi connectivity index (χ4v) is 1.84. The predicted octanol–water partition coefficient (Wildman–Crippen LogP) is 5.12. The summed E-state index contributed by atoms with van der Waals surface area (Å²) in [6, 6.07) is 4.98. The molecule has 0 amide bonds. The maximum absolute atomic E-state index is 13.3. The topological polar surface area (TPSA) is 29.5 Å². The number of hydrogen-bond acceptors (Lipinski definition) is 2. The van der Waals surface area contributed by atoms with Gasteiger partial charge in [-0.25, -0.2) is 0 Å². The molecule has 1 N–H and O–H groups in total. The minimum Gasteiger partial charge on any atom is -0.488 e. The Morgan fingerprint density at radius 1 is 1.00 bits per heavy atom. The highest BCUT2D eigenvalue weighted by Crippen LogP contribution is 2.49. The Hall–Kier alpha value is -1.51. The molecule has 0 spiro atoms. The summed E-state index contributed by atoms with van der Waals surface area (Å²) in [5, 5.41) is 9.67. The molecule has 0 aliphatic rings. The molecule has 0 heterocycles. The summed E-state index contributed by atoms with van der Waals surface area (Å²) in [5.74, 6) is -11.6. The smallest absolute Gasteiger partial charge is 0.459 e. The highest BCUT2D eigenvalue weighted by atomic mass is 19.4. The number of alkyl halides is 7. The molecular weight excluding hydrogens is 345 g/mol. The minimum atomic E-state index is -6.42. The molecule has 0 aromatic heterocycles. The van der Waals surface area contributed by atoms with Crippen molar-refractivity contribution in [3.63, 3.8) is 0 Å². The second-order valence-electron chi connectivity index (χ2n) is 6.28. The van der Waals surface area contributed by atoms with E-state index in [2.05, 4.69) is 0 Å². The summed E-state index contributed by atoms with van der Waals surface area (Å²) in [6.07, 6.45) is -10.7. The Labute approximate surface area is 134 Å². The first-order valence-corrected chi connectivity index (χ1v) is 6.86. The lowest BCUT2D eigenvalue weighted by atomic mass is 9.98. The van der Waals surface area contributed by atoms with Crippen molar-refractivity contribution < 1.29 is 40.6 Å². The van der Waals surface area contributed by atoms with Crippen molar-refractivity contribution in [2.45, 2.75) is 56.9 Å². The van der Waals surface area contributed by atoms with Crippen LogP contribution in [0.15, 0.2) is 24.3 Å². The van der Waals surface area contributed by atoms with Crippen LogP contribution in [-0.4, -0.2) is 28.7 Å². The second-order valence-corrected chi connectivity index (χ2v) is 6.28.